The first-order chi connectivity index (χ1) is 11.5. The van der Waals surface area contributed by atoms with E-state index in [-0.39, 0.29) is 4.90 Å². The summed E-state index contributed by atoms with van der Waals surface area (Å²) in [6.07, 6.45) is 1.94. The molecule has 0 unspecified atom stereocenters. The number of sulfonamides is 1. The quantitative estimate of drug-likeness (QED) is 0.751. The van der Waals surface area contributed by atoms with Crippen molar-refractivity contribution in [2.45, 2.75) is 17.7 Å². The number of nitrogens with zero attached hydrogens (tertiary/aromatic N) is 1. The first-order valence-electron chi connectivity index (χ1n) is 8.00. The molecule has 0 radical (unpaired) electrons. The van der Waals surface area contributed by atoms with E-state index in [4.69, 9.17) is 21.1 Å². The van der Waals surface area contributed by atoms with Gasteiger partial charge in [0.15, 0.2) is 0 Å². The number of halogens is 1. The van der Waals surface area contributed by atoms with Gasteiger partial charge in [-0.2, -0.15) is 0 Å². The van der Waals surface area contributed by atoms with E-state index >= 15 is 0 Å². The molecule has 1 aromatic rings. The smallest absolute Gasteiger partial charge is 0.244 e. The van der Waals surface area contributed by atoms with Crippen molar-refractivity contribution in [3.63, 3.8) is 0 Å². The lowest BCUT2D eigenvalue weighted by atomic mass is 9.97. The highest BCUT2D eigenvalue weighted by Crippen LogP contribution is 2.27. The van der Waals surface area contributed by atoms with Gasteiger partial charge in [0, 0.05) is 25.2 Å². The van der Waals surface area contributed by atoms with Crippen LogP contribution in [-0.4, -0.2) is 60.3 Å². The molecule has 0 bridgehead atoms. The maximum absolute atomic E-state index is 12.5. The van der Waals surface area contributed by atoms with Crippen molar-refractivity contribution >= 4 is 21.6 Å². The fourth-order valence-corrected chi connectivity index (χ4v) is 4.35. The van der Waals surface area contributed by atoms with E-state index in [1.807, 2.05) is 0 Å². The largest absolute Gasteiger partial charge is 0.495 e. The van der Waals surface area contributed by atoms with Crippen LogP contribution in [0.3, 0.4) is 0 Å². The molecule has 0 aromatic heterocycles. The Morgan fingerprint density at radius 2 is 2.00 bits per heavy atom. The van der Waals surface area contributed by atoms with Gasteiger partial charge < -0.3 is 14.4 Å². The Kier molecular flexibility index (Phi) is 7.31. The normalized spacial score (nSPS) is 17.1. The van der Waals surface area contributed by atoms with Crippen molar-refractivity contribution in [3.05, 3.63) is 23.2 Å². The maximum atomic E-state index is 12.5. The van der Waals surface area contributed by atoms with Crippen LogP contribution in [-0.2, 0) is 14.8 Å². The van der Waals surface area contributed by atoms with Crippen molar-refractivity contribution in [1.29, 1.82) is 0 Å². The van der Waals surface area contributed by atoms with Crippen LogP contribution in [0, 0.1) is 5.92 Å². The zero-order valence-corrected chi connectivity index (χ0v) is 15.7. The van der Waals surface area contributed by atoms with Gasteiger partial charge in [0.05, 0.1) is 13.7 Å². The van der Waals surface area contributed by atoms with Gasteiger partial charge in [0.1, 0.15) is 10.6 Å². The molecule has 1 heterocycles. The lowest BCUT2D eigenvalue weighted by Crippen LogP contribution is -2.39. The predicted octanol–water partition coefficient (Wildman–Crippen LogP) is 1.99. The Bertz CT molecular complexity index is 631. The number of ether oxygens (including phenoxy) is 2. The molecule has 136 valence electrons. The number of benzene rings is 1. The van der Waals surface area contributed by atoms with Crippen molar-refractivity contribution in [1.82, 2.24) is 9.62 Å². The van der Waals surface area contributed by atoms with Crippen LogP contribution in [0.2, 0.25) is 5.02 Å². The lowest BCUT2D eigenvalue weighted by molar-refractivity contribution is 0.121. The summed E-state index contributed by atoms with van der Waals surface area (Å²) in [6, 6.07) is 4.58. The predicted molar refractivity (Wildman–Crippen MR) is 94.2 cm³/mol. The molecule has 2 rings (SSSR count). The molecule has 1 N–H and O–H groups in total. The third-order valence-corrected chi connectivity index (χ3v) is 5.98. The van der Waals surface area contributed by atoms with Crippen LogP contribution in [0.4, 0.5) is 0 Å². The van der Waals surface area contributed by atoms with Gasteiger partial charge in [-0.1, -0.05) is 11.6 Å². The van der Waals surface area contributed by atoms with Gasteiger partial charge in [-0.15, -0.1) is 0 Å². The molecular weight excluding hydrogens is 352 g/mol. The number of likely N-dealkylation sites (tertiary alicyclic amines) is 1. The minimum Gasteiger partial charge on any atom is -0.495 e. The number of hydrogen-bond acceptors (Lipinski definition) is 5. The molecule has 0 aliphatic carbocycles. The second-order valence-corrected chi connectivity index (χ2v) is 8.10. The van der Waals surface area contributed by atoms with E-state index in [0.717, 1.165) is 39.1 Å². The third-order valence-electron chi connectivity index (χ3n) is 4.30. The Hall–Kier alpha value is -0.860. The fraction of sp³-hybridized carbons (Fsp3) is 0.625. The van der Waals surface area contributed by atoms with Crippen LogP contribution in [0.1, 0.15) is 12.8 Å². The van der Waals surface area contributed by atoms with E-state index in [1.54, 1.807) is 19.2 Å². The van der Waals surface area contributed by atoms with E-state index in [0.29, 0.717) is 23.2 Å². The molecule has 8 heteroatoms. The van der Waals surface area contributed by atoms with E-state index < -0.39 is 10.0 Å². The van der Waals surface area contributed by atoms with Crippen molar-refractivity contribution in [2.24, 2.45) is 5.92 Å². The Morgan fingerprint density at radius 1 is 1.29 bits per heavy atom. The summed E-state index contributed by atoms with van der Waals surface area (Å²) in [5.74, 6) is 0.630. The Morgan fingerprint density at radius 3 is 2.62 bits per heavy atom. The summed E-state index contributed by atoms with van der Waals surface area (Å²) in [5, 5.41) is 0.364. The zero-order valence-electron chi connectivity index (χ0n) is 14.1. The van der Waals surface area contributed by atoms with Gasteiger partial charge >= 0.3 is 0 Å². The van der Waals surface area contributed by atoms with Crippen molar-refractivity contribution < 1.29 is 17.9 Å². The highest BCUT2D eigenvalue weighted by molar-refractivity contribution is 7.89. The van der Waals surface area contributed by atoms with Gasteiger partial charge in [-0.3, -0.25) is 0 Å². The molecule has 1 aliphatic rings. The zero-order chi connectivity index (χ0) is 17.6. The van der Waals surface area contributed by atoms with Crippen LogP contribution in [0.5, 0.6) is 5.75 Å². The summed E-state index contributed by atoms with van der Waals surface area (Å²) in [7, 11) is -0.503. The van der Waals surface area contributed by atoms with Gasteiger partial charge in [-0.05, 0) is 50.0 Å². The minimum absolute atomic E-state index is 0.0787. The second-order valence-electron chi connectivity index (χ2n) is 5.92. The van der Waals surface area contributed by atoms with E-state index in [9.17, 15) is 8.42 Å². The number of rotatable bonds is 8. The number of hydrogen-bond donors (Lipinski definition) is 1. The molecule has 0 amide bonds. The number of piperidine rings is 1. The molecule has 1 saturated heterocycles. The number of methoxy groups -OCH3 is 2. The highest BCUT2D eigenvalue weighted by Gasteiger charge is 2.24. The second kappa shape index (κ2) is 9.01. The molecule has 1 aliphatic heterocycles. The monoisotopic (exact) mass is 376 g/mol. The molecule has 24 heavy (non-hydrogen) atoms. The topological polar surface area (TPSA) is 67.9 Å². The summed E-state index contributed by atoms with van der Waals surface area (Å²) in [4.78, 5) is 2.42. The van der Waals surface area contributed by atoms with Gasteiger partial charge in [0.2, 0.25) is 10.0 Å². The van der Waals surface area contributed by atoms with Gasteiger partial charge in [0.25, 0.3) is 0 Å². The minimum atomic E-state index is -3.65. The Balaban J connectivity index is 1.91. The molecule has 6 nitrogen and oxygen atoms in total. The summed E-state index contributed by atoms with van der Waals surface area (Å²) in [5.41, 5.74) is 0. The first kappa shape index (κ1) is 19.5. The van der Waals surface area contributed by atoms with Crippen LogP contribution >= 0.6 is 11.6 Å². The molecule has 1 aromatic carbocycles. The maximum Gasteiger partial charge on any atom is 0.244 e. The highest BCUT2D eigenvalue weighted by atomic mass is 35.5. The molecule has 0 spiro atoms. The number of nitrogens with one attached hydrogen (secondary N) is 1. The first-order valence-corrected chi connectivity index (χ1v) is 9.87. The van der Waals surface area contributed by atoms with Crippen molar-refractivity contribution in [3.8, 4) is 5.75 Å². The molecular formula is C16H25ClN2O4S. The molecule has 0 atom stereocenters. The van der Waals surface area contributed by atoms with Gasteiger partial charge in [-0.25, -0.2) is 13.1 Å². The van der Waals surface area contributed by atoms with Crippen LogP contribution in [0.25, 0.3) is 0 Å². The fourth-order valence-electron chi connectivity index (χ4n) is 2.80. The standard InChI is InChI=1S/C16H25ClN2O4S/c1-22-10-9-19-7-5-13(6-8-19)12-18-24(20,21)16-11-14(17)3-4-15(16)23-2/h3-4,11,13,18H,5-10,12H2,1-2H3. The molecule has 0 saturated carbocycles. The lowest BCUT2D eigenvalue weighted by Gasteiger charge is -2.31. The summed E-state index contributed by atoms with van der Waals surface area (Å²) >= 11 is 5.92. The summed E-state index contributed by atoms with van der Waals surface area (Å²) in [6.45, 7) is 4.02. The van der Waals surface area contributed by atoms with E-state index in [1.165, 1.54) is 13.2 Å². The average Bonchev–Trinajstić information content (AvgIpc) is 2.59. The third kappa shape index (κ3) is 5.32. The van der Waals surface area contributed by atoms with Crippen LogP contribution in [0.15, 0.2) is 23.1 Å². The Labute approximate surface area is 149 Å². The average molecular weight is 377 g/mol. The van der Waals surface area contributed by atoms with Crippen molar-refractivity contribution in [2.75, 3.05) is 47.0 Å². The summed E-state index contributed by atoms with van der Waals surface area (Å²) < 4.78 is 38.0. The molecule has 1 fully saturated rings. The van der Waals surface area contributed by atoms with E-state index in [2.05, 4.69) is 9.62 Å². The SMILES string of the molecule is COCCN1CCC(CNS(=O)(=O)c2cc(Cl)ccc2OC)CC1. The van der Waals surface area contributed by atoms with Crippen LogP contribution < -0.4 is 9.46 Å².